The fourth-order valence-electron chi connectivity index (χ4n) is 6.93. The standard InChI is InChI=1S/C31H35Cl2N5O5S2/c1-6-43-29(39)26-28(34-17(2)25(35-26)20-8-7-9-22(32)24(20)33)38-12-10-31(11-13-38)16-18-14-19(37-45(5,41)42)15-21-23(18)27(31)36-44(40)30(21,3)4/h7-9,14-15,27,36-37H,6,10-13,16H2,1-5H3/t27-,44?/m1/s1. The van der Waals surface area contributed by atoms with E-state index in [0.717, 1.165) is 35.8 Å². The highest BCUT2D eigenvalue weighted by atomic mass is 35.5. The summed E-state index contributed by atoms with van der Waals surface area (Å²) < 4.78 is 48.5. The third-order valence-corrected chi connectivity index (χ3v) is 12.2. The van der Waals surface area contributed by atoms with E-state index in [0.29, 0.717) is 58.0 Å². The third-order valence-electron chi connectivity index (χ3n) is 9.14. The van der Waals surface area contributed by atoms with E-state index in [1.165, 1.54) is 0 Å². The highest BCUT2D eigenvalue weighted by Crippen LogP contribution is 2.58. The van der Waals surface area contributed by atoms with E-state index in [2.05, 4.69) is 14.3 Å². The summed E-state index contributed by atoms with van der Waals surface area (Å²) in [6.07, 6.45) is 3.27. The van der Waals surface area contributed by atoms with Crippen molar-refractivity contribution in [2.75, 3.05) is 35.6 Å². The second-order valence-corrected chi connectivity index (χ2v) is 16.8. The van der Waals surface area contributed by atoms with Crippen molar-refractivity contribution in [3.05, 3.63) is 68.5 Å². The largest absolute Gasteiger partial charge is 0.597 e. The van der Waals surface area contributed by atoms with Gasteiger partial charge in [0.2, 0.25) is 10.0 Å². The average molecular weight is 693 g/mol. The molecule has 1 fully saturated rings. The topological polar surface area (TPSA) is 137 Å². The van der Waals surface area contributed by atoms with Crippen LogP contribution in [-0.4, -0.2) is 54.9 Å². The number of nitrogens with one attached hydrogen (secondary N) is 2. The molecule has 0 amide bonds. The van der Waals surface area contributed by atoms with Crippen molar-refractivity contribution in [1.82, 2.24) is 14.7 Å². The van der Waals surface area contributed by atoms with Gasteiger partial charge in [0, 0.05) is 46.7 Å². The Morgan fingerprint density at radius 2 is 1.93 bits per heavy atom. The molecule has 1 aliphatic carbocycles. The molecule has 2 aromatic carbocycles. The predicted molar refractivity (Wildman–Crippen MR) is 178 cm³/mol. The Kier molecular flexibility index (Phi) is 8.31. The quantitative estimate of drug-likeness (QED) is 0.247. The number of halogens is 2. The first-order valence-corrected chi connectivity index (χ1v) is 18.5. The van der Waals surface area contributed by atoms with Gasteiger partial charge in [-0.1, -0.05) is 35.3 Å². The van der Waals surface area contributed by atoms with Gasteiger partial charge in [0.05, 0.1) is 40.3 Å². The Morgan fingerprint density at radius 3 is 2.60 bits per heavy atom. The van der Waals surface area contributed by atoms with Crippen molar-refractivity contribution in [2.24, 2.45) is 5.41 Å². The number of aryl methyl sites for hydroxylation is 1. The number of carbonyl (C=O) groups excluding carboxylic acids is 1. The zero-order chi connectivity index (χ0) is 32.5. The maximum absolute atomic E-state index is 13.6. The normalized spacial score (nSPS) is 21.5. The van der Waals surface area contributed by atoms with E-state index in [9.17, 15) is 17.8 Å². The van der Waals surface area contributed by atoms with E-state index in [-0.39, 0.29) is 23.8 Å². The number of benzene rings is 2. The Bertz CT molecular complexity index is 1810. The summed E-state index contributed by atoms with van der Waals surface area (Å²) in [5, 5.41) is 0.702. The van der Waals surface area contributed by atoms with Crippen LogP contribution in [0, 0.1) is 12.3 Å². The lowest BCUT2D eigenvalue weighted by Gasteiger charge is -2.46. The van der Waals surface area contributed by atoms with Crippen LogP contribution in [0.3, 0.4) is 0 Å². The van der Waals surface area contributed by atoms with Crippen LogP contribution in [0.15, 0.2) is 30.3 Å². The van der Waals surface area contributed by atoms with Crippen LogP contribution in [0.4, 0.5) is 11.5 Å². The maximum Gasteiger partial charge on any atom is 0.360 e. The van der Waals surface area contributed by atoms with Crippen LogP contribution in [0.1, 0.15) is 72.5 Å². The van der Waals surface area contributed by atoms with Crippen LogP contribution in [0.2, 0.25) is 10.0 Å². The molecule has 1 unspecified atom stereocenters. The molecule has 3 heterocycles. The molecular weight excluding hydrogens is 657 g/mol. The summed E-state index contributed by atoms with van der Waals surface area (Å²) in [5.41, 5.74) is 5.02. The molecule has 3 aliphatic rings. The van der Waals surface area contributed by atoms with Gasteiger partial charge in [-0.15, -0.1) is 4.72 Å². The fourth-order valence-corrected chi connectivity index (χ4v) is 9.11. The van der Waals surface area contributed by atoms with E-state index < -0.39 is 32.1 Å². The molecule has 1 aromatic heterocycles. The summed E-state index contributed by atoms with van der Waals surface area (Å²) in [4.78, 5) is 24.9. The average Bonchev–Trinajstić information content (AvgIpc) is 3.25. The minimum absolute atomic E-state index is 0.108. The number of rotatable bonds is 6. The first kappa shape index (κ1) is 32.3. The summed E-state index contributed by atoms with van der Waals surface area (Å²) in [6.45, 7) is 8.72. The molecule has 0 radical (unpaired) electrons. The SMILES string of the molecule is CCOC(=O)c1nc(-c2cccc(Cl)c2Cl)c(C)nc1N1CCC2(CC1)Cc1cc(NS(C)(=O)=O)cc3c1[C@H]2N[S+]([O-])C3(C)C. The number of esters is 1. The van der Waals surface area contributed by atoms with Crippen LogP contribution in [0.5, 0.6) is 0 Å². The molecule has 14 heteroatoms. The van der Waals surface area contributed by atoms with Gasteiger partial charge in [0.1, 0.15) is 0 Å². The number of aromatic nitrogens is 2. The van der Waals surface area contributed by atoms with Crippen molar-refractivity contribution in [3.63, 3.8) is 0 Å². The fraction of sp³-hybridized carbons (Fsp3) is 0.452. The molecule has 1 saturated heterocycles. The van der Waals surface area contributed by atoms with Crippen LogP contribution in [0.25, 0.3) is 11.3 Å². The second kappa shape index (κ2) is 11.6. The number of fused-ring (bicyclic) bond motifs is 1. The molecule has 2 N–H and O–H groups in total. The van der Waals surface area contributed by atoms with Crippen LogP contribution < -0.4 is 14.3 Å². The van der Waals surface area contributed by atoms with Gasteiger partial charge < -0.3 is 14.2 Å². The van der Waals surface area contributed by atoms with Crippen LogP contribution >= 0.6 is 23.2 Å². The molecule has 1 spiro atoms. The molecule has 2 atom stereocenters. The summed E-state index contributed by atoms with van der Waals surface area (Å²) in [7, 11) is -3.49. The van der Waals surface area contributed by atoms with Crippen molar-refractivity contribution in [3.8, 4) is 11.3 Å². The molecule has 10 nitrogen and oxygen atoms in total. The number of hydrogen-bond acceptors (Lipinski definition) is 9. The van der Waals surface area contributed by atoms with Crippen molar-refractivity contribution >= 4 is 62.1 Å². The molecular formula is C31H35Cl2N5O5S2. The van der Waals surface area contributed by atoms with Crippen molar-refractivity contribution < 1.29 is 22.5 Å². The minimum Gasteiger partial charge on any atom is -0.597 e. The van der Waals surface area contributed by atoms with Crippen molar-refractivity contribution in [1.29, 1.82) is 0 Å². The predicted octanol–water partition coefficient (Wildman–Crippen LogP) is 5.69. The molecule has 45 heavy (non-hydrogen) atoms. The maximum atomic E-state index is 13.6. The Labute approximate surface area is 276 Å². The number of piperidine rings is 1. The number of sulfonamides is 1. The molecule has 0 saturated carbocycles. The number of hydrogen-bond donors (Lipinski definition) is 2. The molecule has 6 rings (SSSR count). The van der Waals surface area contributed by atoms with Gasteiger partial charge in [0.25, 0.3) is 0 Å². The van der Waals surface area contributed by atoms with E-state index in [1.54, 1.807) is 25.1 Å². The Hall–Kier alpha value is -2.61. The van der Waals surface area contributed by atoms with Gasteiger partial charge in [-0.3, -0.25) is 4.72 Å². The Morgan fingerprint density at radius 1 is 1.22 bits per heavy atom. The number of nitrogens with zero attached hydrogens (tertiary/aromatic N) is 3. The van der Waals surface area contributed by atoms with Gasteiger partial charge in [-0.2, -0.15) is 0 Å². The smallest absolute Gasteiger partial charge is 0.360 e. The summed E-state index contributed by atoms with van der Waals surface area (Å²) in [5.74, 6) is -0.130. The lowest BCUT2D eigenvalue weighted by Crippen LogP contribution is -2.53. The van der Waals surface area contributed by atoms with Gasteiger partial charge >= 0.3 is 5.97 Å². The van der Waals surface area contributed by atoms with Gasteiger partial charge in [-0.25, -0.2) is 23.2 Å². The Balaban J connectivity index is 1.35. The second-order valence-electron chi connectivity index (χ2n) is 12.5. The molecule has 0 bridgehead atoms. The minimum atomic E-state index is -3.49. The van der Waals surface area contributed by atoms with Crippen molar-refractivity contribution in [2.45, 2.75) is 57.7 Å². The van der Waals surface area contributed by atoms with Crippen LogP contribution in [-0.2, 0) is 37.3 Å². The van der Waals surface area contributed by atoms with E-state index in [1.807, 2.05) is 32.9 Å². The molecule has 3 aromatic rings. The number of carbonyl (C=O) groups is 1. The van der Waals surface area contributed by atoms with Gasteiger partial charge in [0.15, 0.2) is 16.3 Å². The molecule has 240 valence electrons. The highest BCUT2D eigenvalue weighted by molar-refractivity contribution is 7.92. The first-order valence-electron chi connectivity index (χ1n) is 14.7. The summed E-state index contributed by atoms with van der Waals surface area (Å²) in [6, 6.07) is 8.83. The third kappa shape index (κ3) is 5.67. The number of ether oxygens (including phenoxy) is 1. The number of anilines is 2. The lowest BCUT2D eigenvalue weighted by atomic mass is 9.72. The monoisotopic (exact) mass is 691 g/mol. The highest BCUT2D eigenvalue weighted by Gasteiger charge is 2.57. The van der Waals surface area contributed by atoms with E-state index in [4.69, 9.17) is 37.9 Å². The molecule has 2 aliphatic heterocycles. The first-order chi connectivity index (χ1) is 21.1. The zero-order valence-electron chi connectivity index (χ0n) is 25.7. The van der Waals surface area contributed by atoms with Gasteiger partial charge in [-0.05, 0) is 76.3 Å². The zero-order valence-corrected chi connectivity index (χ0v) is 28.8. The lowest BCUT2D eigenvalue weighted by molar-refractivity contribution is 0.0519. The summed E-state index contributed by atoms with van der Waals surface area (Å²) >= 11 is 11.4. The van der Waals surface area contributed by atoms with E-state index >= 15 is 0 Å².